The number of fused-ring (bicyclic) bond motifs is 18. The second kappa shape index (κ2) is 50.4. The average molecular weight is 2070 g/mol. The average Bonchev–Trinajstić information content (AvgIpc) is 1.36. The van der Waals surface area contributed by atoms with Gasteiger partial charge in [0.2, 0.25) is 12.5 Å². The highest BCUT2D eigenvalue weighted by atomic mass is 35.5. The van der Waals surface area contributed by atoms with Crippen LogP contribution in [0.5, 0.6) is 86.2 Å². The Labute approximate surface area is 882 Å². The molecule has 800 valence electrons. The number of aromatic hydroxyl groups is 1. The van der Waals surface area contributed by atoms with Gasteiger partial charge < -0.3 is 117 Å². The van der Waals surface area contributed by atoms with Gasteiger partial charge in [0, 0.05) is 144 Å². The lowest BCUT2D eigenvalue weighted by Gasteiger charge is -2.52. The first-order valence-corrected chi connectivity index (χ1v) is 51.1. The van der Waals surface area contributed by atoms with E-state index in [0.717, 1.165) is 179 Å². The largest absolute Gasteiger partial charge is 0.508 e. The van der Waals surface area contributed by atoms with Gasteiger partial charge in [0.1, 0.15) is 23.7 Å². The molecule has 20 rings (SSSR count). The molecule has 11 heterocycles. The van der Waals surface area contributed by atoms with Crippen molar-refractivity contribution in [2.75, 3.05) is 165 Å². The molecule has 2 radical (unpaired) electrons. The highest BCUT2D eigenvalue weighted by Crippen LogP contribution is 2.55. The maximum atomic E-state index is 13.5. The SMILES string of the molecule is CC(C)(C)NCC(O)c1ccc(O)c(CO)c1.CC[C@H]1CN2CCc3cc(OC)c(OC)cc3[C@@H]2C[C@@H]1CC1NCCc2cc(OC)c(OC)cc21.COC(=O)[C@H]1[C@H]2C[C@@H]3c4[nH]c5cc(OC)ccc5c4CCN3C[C@H]2C[C@@H](OC(=O)c2cc(OC)c(OC)c(OC)c2)[C@@H]1OC.COc1cc2c(cc1OC)C1CC(N)C(CC(C)C)CN1CC2.COc1ccc2c(c1OC)CN1CCc3cc4c(cc3C1C2)OCO4.Cl.Cl.[3H][B]. The minimum Gasteiger partial charge on any atom is -0.508 e. The molecule has 1 aliphatic carbocycles. The number of aromatic nitrogens is 1. The number of carbonyl (C=O) groups is 2. The Bertz CT molecular complexity index is 5970. The van der Waals surface area contributed by atoms with Gasteiger partial charge in [0.25, 0.3) is 0 Å². The van der Waals surface area contributed by atoms with E-state index < -0.39 is 30.2 Å². The number of ether oxygens (including phenoxy) is 17. The van der Waals surface area contributed by atoms with Gasteiger partial charge in [0.05, 0.1) is 123 Å². The van der Waals surface area contributed by atoms with E-state index >= 15 is 0 Å². The first-order valence-electron chi connectivity index (χ1n) is 51.7. The summed E-state index contributed by atoms with van der Waals surface area (Å²) in [6.07, 6.45) is 11.3. The zero-order valence-corrected chi connectivity index (χ0v) is 90.8. The summed E-state index contributed by atoms with van der Waals surface area (Å²) < 4.78 is 100. The summed E-state index contributed by atoms with van der Waals surface area (Å²) >= 11 is 0. The van der Waals surface area contributed by atoms with Crippen LogP contribution in [0.15, 0.2) is 109 Å². The zero-order valence-electron chi connectivity index (χ0n) is 90.2. The number of piperidine rings is 3. The molecule has 8 N–H and O–H groups in total. The van der Waals surface area contributed by atoms with Crippen molar-refractivity contribution in [3.8, 4) is 86.2 Å². The number of β-amino-alcohol motifs (C(OH)–C–C–N with tert-alkyl or cyclic N) is 1. The summed E-state index contributed by atoms with van der Waals surface area (Å²) in [6, 6.07) is 37.7. The molecule has 6 unspecified atom stereocenters. The van der Waals surface area contributed by atoms with Crippen LogP contribution in [-0.2, 0) is 70.7 Å². The van der Waals surface area contributed by atoms with Crippen molar-refractivity contribution in [3.05, 3.63) is 193 Å². The molecule has 1 saturated carbocycles. The molecule has 0 amide bonds. The van der Waals surface area contributed by atoms with E-state index in [1.807, 2.05) is 39.0 Å². The van der Waals surface area contributed by atoms with Gasteiger partial charge >= 0.3 is 11.9 Å². The van der Waals surface area contributed by atoms with Crippen molar-refractivity contribution in [2.24, 2.45) is 47.2 Å². The fraction of sp³-hybridized carbons (Fsp3) is 0.544. The molecule has 10 aliphatic heterocycles. The number of nitrogens with zero attached hydrogens (tertiary/aromatic N) is 4. The molecular weight excluding hydrogens is 1920 g/mol. The number of esters is 2. The summed E-state index contributed by atoms with van der Waals surface area (Å²) in [5, 5.41) is 36.7. The fourth-order valence-corrected chi connectivity index (χ4v) is 24.7. The van der Waals surface area contributed by atoms with Crippen LogP contribution in [-0.4, -0.2) is 251 Å². The molecule has 11 aliphatic rings. The van der Waals surface area contributed by atoms with Crippen molar-refractivity contribution in [1.29, 1.82) is 1.34 Å². The molecular formula is C114H155BCl2N8O22. The van der Waals surface area contributed by atoms with Crippen LogP contribution in [0.4, 0.5) is 0 Å². The first kappa shape index (κ1) is 112. The number of hydrogen-bond donors (Lipinski definition) is 7. The lowest BCUT2D eigenvalue weighted by Crippen LogP contribution is -2.58. The van der Waals surface area contributed by atoms with Crippen molar-refractivity contribution < 1.29 is 105 Å². The number of phenols is 1. The quantitative estimate of drug-likeness (QED) is 0.0206. The lowest BCUT2D eigenvalue weighted by atomic mass is 9.63. The Kier molecular flexibility index (Phi) is 38.4. The maximum absolute atomic E-state index is 13.5. The highest BCUT2D eigenvalue weighted by Gasteiger charge is 2.55. The van der Waals surface area contributed by atoms with E-state index in [2.05, 4.69) is 125 Å². The molecule has 4 fully saturated rings. The van der Waals surface area contributed by atoms with Gasteiger partial charge in [-0.3, -0.25) is 24.4 Å². The number of carbonyl (C=O) groups excluding carboxylic acids is 2. The number of H-pyrrole nitrogens is 1. The molecule has 0 bridgehead atoms. The van der Waals surface area contributed by atoms with E-state index in [0.29, 0.717) is 96.0 Å². The second-order valence-corrected chi connectivity index (χ2v) is 41.4. The number of methoxy groups -OCH3 is 14. The number of aliphatic hydroxyl groups is 2. The highest BCUT2D eigenvalue weighted by molar-refractivity contribution is 5.92. The summed E-state index contributed by atoms with van der Waals surface area (Å²) in [4.78, 5) is 41.0. The minimum atomic E-state index is -0.670. The molecule has 8 aromatic carbocycles. The van der Waals surface area contributed by atoms with Crippen molar-refractivity contribution in [1.82, 2.24) is 35.2 Å². The van der Waals surface area contributed by atoms with Gasteiger partial charge in [-0.1, -0.05) is 39.3 Å². The normalized spacial score (nSPS) is 23.4. The van der Waals surface area contributed by atoms with Crippen LogP contribution < -0.4 is 82.7 Å². The zero-order chi connectivity index (χ0) is 104. The van der Waals surface area contributed by atoms with Crippen molar-refractivity contribution in [3.63, 3.8) is 0 Å². The number of hydrogen-bond acceptors (Lipinski definition) is 29. The van der Waals surface area contributed by atoms with Crippen molar-refractivity contribution >= 4 is 56.0 Å². The molecule has 0 spiro atoms. The monoisotopic (exact) mass is 2070 g/mol. The third-order valence-electron chi connectivity index (χ3n) is 32.0. The Morgan fingerprint density at radius 1 is 0.558 bits per heavy atom. The van der Waals surface area contributed by atoms with Crippen LogP contribution in [0.25, 0.3) is 10.9 Å². The van der Waals surface area contributed by atoms with E-state index in [4.69, 9.17) is 92.7 Å². The van der Waals surface area contributed by atoms with E-state index in [-0.39, 0.29) is 78.2 Å². The van der Waals surface area contributed by atoms with Crippen LogP contribution >= 0.6 is 24.8 Å². The maximum Gasteiger partial charge on any atom is 0.338 e. The third kappa shape index (κ3) is 24.4. The number of nitrogens with one attached hydrogen (secondary N) is 3. The van der Waals surface area contributed by atoms with Gasteiger partial charge in [-0.25, -0.2) is 4.79 Å². The standard InChI is InChI=1S/C33H40N2O9.C29H40N2O4.C20H21NO4.C19H30N2O2.C13H21NO3.BH.2ClH/c1-38-19-7-8-20-21-9-10-35-16-18-13-27(44-32(36)17-11-25(39-2)30(41-4)26(12-17)40-3)31(42-5)28(33(37)43-6)22(18)15-24(35)29(21)34-23(20)14-19;1-6-18-17-31-10-8-20-14-27(33-3)29(35-5)16-23(20)25(31)12-21(18)11-24-22-15-28(34-4)26(32-2)13-19(22)7-9-30-24;1-22-17-4-3-12-7-16-14-9-19-18(24-11-25-19)8-13(14)5-6-21(16)10-15(12)20(17)23-2;1-12(2)7-14-11-21-6-5-13-8-18(22-3)19(23-4)9-15(13)17(21)10-16(14)20;1-13(2,3)14-7-12(17)9-4-5-11(16)10(6-9)8-15;;;/h7-8,11-12,14,18,22,24,27-28,31,34H,9-10,13,15-16H2,1-6H3;13-16,18,21,24-25,30H,6-12,17H2,1-5H3;3-4,8-9,16H,5-7,10-11H2,1-2H3;8-9,12,14,16-17H,5-7,10-11,20H2,1-4H3;4-6,12,14-17H,7-8H2,1-3H3;3*1H/t18-,22+,24-,27-,28+,31+;18-,21-,24?,25-;;;;;;/m10....../s1/i;;;;;1T;;. The second-order valence-electron chi connectivity index (χ2n) is 41.4. The number of rotatable bonds is 25. The number of benzene rings is 8. The van der Waals surface area contributed by atoms with E-state index in [1.54, 1.807) is 95.4 Å². The summed E-state index contributed by atoms with van der Waals surface area (Å²) in [6.45, 7) is 22.7. The van der Waals surface area contributed by atoms with Crippen molar-refractivity contribution in [2.45, 2.75) is 198 Å². The summed E-state index contributed by atoms with van der Waals surface area (Å²) in [7, 11) is 26.6. The third-order valence-corrected chi connectivity index (χ3v) is 32.0. The first-order chi connectivity index (χ1) is 70.6. The van der Waals surface area contributed by atoms with Crippen LogP contribution in [0.3, 0.4) is 0 Å². The van der Waals surface area contributed by atoms with E-state index in [1.165, 1.54) is 133 Å². The number of nitrogens with two attached hydrogens (primary N) is 1. The van der Waals surface area contributed by atoms with Gasteiger partial charge in [-0.2, -0.15) is 0 Å². The summed E-state index contributed by atoms with van der Waals surface area (Å²) in [5.41, 5.74) is 25.1. The van der Waals surface area contributed by atoms with Gasteiger partial charge in [-0.05, 0) is 293 Å². The molecule has 33 heteroatoms. The Morgan fingerprint density at radius 2 is 1.12 bits per heavy atom. The Morgan fingerprint density at radius 3 is 1.69 bits per heavy atom. The van der Waals surface area contributed by atoms with E-state index in [9.17, 15) is 19.8 Å². The molecule has 15 atom stereocenters. The predicted octanol–water partition coefficient (Wildman–Crippen LogP) is 16.7. The predicted molar refractivity (Wildman–Crippen MR) is 573 cm³/mol. The topological polar surface area (TPSA) is 331 Å². The number of aliphatic hydroxyl groups excluding tert-OH is 2. The molecule has 9 aromatic rings. The Hall–Kier alpha value is -10.5. The summed E-state index contributed by atoms with van der Waals surface area (Å²) in [5.74, 6) is 11.6. The molecule has 1 aromatic heterocycles. The molecule has 3 saturated heterocycles. The number of aromatic amines is 1. The van der Waals surface area contributed by atoms with Crippen LogP contribution in [0.1, 0.15) is 211 Å². The Balaban J connectivity index is 0.000000159. The lowest BCUT2D eigenvalue weighted by molar-refractivity contribution is -0.176. The number of halogens is 2. The molecule has 30 nitrogen and oxygen atoms in total. The van der Waals surface area contributed by atoms with Gasteiger partial charge in [-0.15, -0.1) is 24.8 Å². The van der Waals surface area contributed by atoms with Crippen LogP contribution in [0, 0.1) is 41.4 Å². The molecule has 147 heavy (non-hydrogen) atoms. The van der Waals surface area contributed by atoms with Gasteiger partial charge in [0.15, 0.2) is 69.0 Å². The van der Waals surface area contributed by atoms with Crippen LogP contribution in [0.2, 0.25) is 0 Å². The fourth-order valence-electron chi connectivity index (χ4n) is 24.7. The smallest absolute Gasteiger partial charge is 0.338 e. The minimum absolute atomic E-state index is 0.